The van der Waals surface area contributed by atoms with Crippen molar-refractivity contribution in [3.8, 4) is 5.75 Å². The summed E-state index contributed by atoms with van der Waals surface area (Å²) in [5, 5.41) is 5.64. The van der Waals surface area contributed by atoms with Crippen molar-refractivity contribution in [2.75, 3.05) is 18.5 Å². The van der Waals surface area contributed by atoms with E-state index in [2.05, 4.69) is 33.5 Å². The number of hydrogen-bond donors (Lipinski definition) is 2. The molecule has 2 N–H and O–H groups in total. The Bertz CT molecular complexity index is 632. The second-order valence-corrected chi connectivity index (χ2v) is 5.61. The van der Waals surface area contributed by atoms with Crippen LogP contribution in [0.4, 0.5) is 10.5 Å². The number of para-hydroxylation sites is 1. The molecular formula is C17H19BrN2O2. The van der Waals surface area contributed by atoms with Crippen molar-refractivity contribution in [1.29, 1.82) is 0 Å². The van der Waals surface area contributed by atoms with Gasteiger partial charge in [0.25, 0.3) is 0 Å². The molecule has 0 aromatic heterocycles. The summed E-state index contributed by atoms with van der Waals surface area (Å²) in [5.41, 5.74) is 1.96. The van der Waals surface area contributed by atoms with Gasteiger partial charge in [-0.3, -0.25) is 0 Å². The standard InChI is InChI=1S/C17H19BrN2O2/c1-2-13-6-3-4-9-16(13)20-17(21)19-10-11-22-15-8-5-7-14(18)12-15/h3-9,12H,2,10-11H2,1H3,(H2,19,20,21). The molecule has 22 heavy (non-hydrogen) atoms. The van der Waals surface area contributed by atoms with Gasteiger partial charge in [0.2, 0.25) is 0 Å². The molecule has 0 saturated heterocycles. The number of amides is 2. The average Bonchev–Trinajstić information content (AvgIpc) is 2.52. The fraction of sp³-hybridized carbons (Fsp3) is 0.235. The molecule has 0 unspecified atom stereocenters. The highest BCUT2D eigenvalue weighted by Gasteiger charge is 2.04. The SMILES string of the molecule is CCc1ccccc1NC(=O)NCCOc1cccc(Br)c1. The number of rotatable bonds is 6. The van der Waals surface area contributed by atoms with Gasteiger partial charge in [0.15, 0.2) is 0 Å². The summed E-state index contributed by atoms with van der Waals surface area (Å²) in [6.45, 7) is 2.91. The maximum Gasteiger partial charge on any atom is 0.319 e. The number of urea groups is 1. The fourth-order valence-electron chi connectivity index (χ4n) is 2.01. The minimum absolute atomic E-state index is 0.223. The van der Waals surface area contributed by atoms with Gasteiger partial charge in [-0.05, 0) is 36.2 Å². The number of carbonyl (C=O) groups is 1. The Morgan fingerprint density at radius 3 is 2.77 bits per heavy atom. The van der Waals surface area contributed by atoms with Gasteiger partial charge in [0.05, 0.1) is 6.54 Å². The second kappa shape index (κ2) is 8.44. The summed E-state index contributed by atoms with van der Waals surface area (Å²) in [6, 6.07) is 15.2. The Kier molecular flexibility index (Phi) is 6.27. The quantitative estimate of drug-likeness (QED) is 0.756. The fourth-order valence-corrected chi connectivity index (χ4v) is 2.39. The molecule has 116 valence electrons. The minimum atomic E-state index is -0.223. The van der Waals surface area contributed by atoms with Crippen molar-refractivity contribution in [2.24, 2.45) is 0 Å². The third-order valence-corrected chi connectivity index (χ3v) is 3.59. The number of carbonyl (C=O) groups excluding carboxylic acids is 1. The van der Waals surface area contributed by atoms with E-state index in [1.807, 2.05) is 48.5 Å². The van der Waals surface area contributed by atoms with E-state index < -0.39 is 0 Å². The van der Waals surface area contributed by atoms with Gasteiger partial charge in [0, 0.05) is 10.2 Å². The van der Waals surface area contributed by atoms with Crippen molar-refractivity contribution < 1.29 is 9.53 Å². The van der Waals surface area contributed by atoms with Crippen LogP contribution in [-0.4, -0.2) is 19.2 Å². The highest BCUT2D eigenvalue weighted by molar-refractivity contribution is 9.10. The van der Waals surface area contributed by atoms with Crippen LogP contribution in [0.25, 0.3) is 0 Å². The van der Waals surface area contributed by atoms with Crippen LogP contribution < -0.4 is 15.4 Å². The first-order valence-electron chi connectivity index (χ1n) is 7.20. The van der Waals surface area contributed by atoms with E-state index in [1.54, 1.807) is 0 Å². The van der Waals surface area contributed by atoms with Gasteiger partial charge < -0.3 is 15.4 Å². The number of ether oxygens (including phenoxy) is 1. The van der Waals surface area contributed by atoms with Crippen LogP contribution in [-0.2, 0) is 6.42 Å². The zero-order chi connectivity index (χ0) is 15.8. The lowest BCUT2D eigenvalue weighted by molar-refractivity contribution is 0.247. The highest BCUT2D eigenvalue weighted by atomic mass is 79.9. The zero-order valence-electron chi connectivity index (χ0n) is 12.4. The monoisotopic (exact) mass is 362 g/mol. The van der Waals surface area contributed by atoms with Crippen LogP contribution in [0.2, 0.25) is 0 Å². The van der Waals surface area contributed by atoms with Crippen LogP contribution >= 0.6 is 15.9 Å². The van der Waals surface area contributed by atoms with Gasteiger partial charge in [-0.1, -0.05) is 47.1 Å². The van der Waals surface area contributed by atoms with E-state index in [1.165, 1.54) is 0 Å². The third-order valence-electron chi connectivity index (χ3n) is 3.10. The van der Waals surface area contributed by atoms with Gasteiger partial charge >= 0.3 is 6.03 Å². The van der Waals surface area contributed by atoms with E-state index in [0.717, 1.165) is 27.9 Å². The molecule has 0 atom stereocenters. The van der Waals surface area contributed by atoms with Crippen LogP contribution in [0.3, 0.4) is 0 Å². The summed E-state index contributed by atoms with van der Waals surface area (Å²) in [6.07, 6.45) is 0.877. The Balaban J connectivity index is 1.74. The van der Waals surface area contributed by atoms with Gasteiger partial charge in [-0.2, -0.15) is 0 Å². The van der Waals surface area contributed by atoms with E-state index in [9.17, 15) is 4.79 Å². The third kappa shape index (κ3) is 5.07. The average molecular weight is 363 g/mol. The van der Waals surface area contributed by atoms with E-state index in [4.69, 9.17) is 4.74 Å². The lowest BCUT2D eigenvalue weighted by Crippen LogP contribution is -2.32. The molecule has 0 aliphatic carbocycles. The molecule has 0 radical (unpaired) electrons. The summed E-state index contributed by atoms with van der Waals surface area (Å²) >= 11 is 3.39. The van der Waals surface area contributed by atoms with Crippen molar-refractivity contribution in [3.63, 3.8) is 0 Å². The van der Waals surface area contributed by atoms with Crippen molar-refractivity contribution in [3.05, 3.63) is 58.6 Å². The molecule has 0 fully saturated rings. The number of anilines is 1. The van der Waals surface area contributed by atoms with Crippen LogP contribution in [0.1, 0.15) is 12.5 Å². The number of benzene rings is 2. The molecule has 2 rings (SSSR count). The first-order valence-corrected chi connectivity index (χ1v) is 7.99. The largest absolute Gasteiger partial charge is 0.492 e. The highest BCUT2D eigenvalue weighted by Crippen LogP contribution is 2.17. The smallest absolute Gasteiger partial charge is 0.319 e. The molecule has 4 nitrogen and oxygen atoms in total. The predicted molar refractivity (Wildman–Crippen MR) is 92.5 cm³/mol. The number of nitrogens with one attached hydrogen (secondary N) is 2. The van der Waals surface area contributed by atoms with Crippen molar-refractivity contribution in [2.45, 2.75) is 13.3 Å². The van der Waals surface area contributed by atoms with Gasteiger partial charge in [-0.15, -0.1) is 0 Å². The Labute approximate surface area is 139 Å². The number of hydrogen-bond acceptors (Lipinski definition) is 2. The summed E-state index contributed by atoms with van der Waals surface area (Å²) in [4.78, 5) is 11.9. The topological polar surface area (TPSA) is 50.4 Å². The molecule has 0 bridgehead atoms. The molecule has 2 aromatic carbocycles. The van der Waals surface area contributed by atoms with Crippen LogP contribution in [0.15, 0.2) is 53.0 Å². The molecule has 0 aliphatic rings. The maximum atomic E-state index is 11.9. The Morgan fingerprint density at radius 2 is 2.00 bits per heavy atom. The van der Waals surface area contributed by atoms with Gasteiger partial charge in [0.1, 0.15) is 12.4 Å². The van der Waals surface area contributed by atoms with Crippen molar-refractivity contribution in [1.82, 2.24) is 5.32 Å². The van der Waals surface area contributed by atoms with Crippen LogP contribution in [0, 0.1) is 0 Å². The Morgan fingerprint density at radius 1 is 1.18 bits per heavy atom. The molecule has 5 heteroatoms. The van der Waals surface area contributed by atoms with Gasteiger partial charge in [-0.25, -0.2) is 4.79 Å². The Hall–Kier alpha value is -2.01. The summed E-state index contributed by atoms with van der Waals surface area (Å²) in [5.74, 6) is 0.771. The summed E-state index contributed by atoms with van der Waals surface area (Å²) < 4.78 is 6.52. The second-order valence-electron chi connectivity index (χ2n) is 4.70. The minimum Gasteiger partial charge on any atom is -0.492 e. The van der Waals surface area contributed by atoms with E-state index >= 15 is 0 Å². The molecule has 0 spiro atoms. The van der Waals surface area contributed by atoms with E-state index in [0.29, 0.717) is 13.2 Å². The molecule has 2 aromatic rings. The lowest BCUT2D eigenvalue weighted by atomic mass is 10.1. The number of aryl methyl sites for hydroxylation is 1. The lowest BCUT2D eigenvalue weighted by Gasteiger charge is -2.11. The van der Waals surface area contributed by atoms with E-state index in [-0.39, 0.29) is 6.03 Å². The first kappa shape index (κ1) is 16.4. The maximum absolute atomic E-state index is 11.9. The first-order chi connectivity index (χ1) is 10.7. The predicted octanol–water partition coefficient (Wildman–Crippen LogP) is 4.21. The number of halogens is 1. The molecule has 0 heterocycles. The normalized spacial score (nSPS) is 10.1. The molecule has 0 saturated carbocycles. The molecule has 2 amide bonds. The molecular weight excluding hydrogens is 344 g/mol. The zero-order valence-corrected chi connectivity index (χ0v) is 14.0. The van der Waals surface area contributed by atoms with Crippen molar-refractivity contribution >= 4 is 27.6 Å². The van der Waals surface area contributed by atoms with Crippen LogP contribution in [0.5, 0.6) is 5.75 Å². The molecule has 0 aliphatic heterocycles. The summed E-state index contributed by atoms with van der Waals surface area (Å²) in [7, 11) is 0.